The van der Waals surface area contributed by atoms with Gasteiger partial charge in [0.1, 0.15) is 5.75 Å². The number of carbonyl (C=O) groups excluding carboxylic acids is 2. The quantitative estimate of drug-likeness (QED) is 0.410. The molecule has 3 aromatic rings. The van der Waals surface area contributed by atoms with Crippen molar-refractivity contribution in [3.05, 3.63) is 54.1 Å². The average Bonchev–Trinajstić information content (AvgIpc) is 3.25. The van der Waals surface area contributed by atoms with E-state index in [4.69, 9.17) is 9.47 Å². The number of nitrogens with zero attached hydrogens (tertiary/aromatic N) is 4. The van der Waals surface area contributed by atoms with E-state index in [-0.39, 0.29) is 17.6 Å². The third kappa shape index (κ3) is 5.57. The normalized spacial score (nSPS) is 10.5. The van der Waals surface area contributed by atoms with Crippen molar-refractivity contribution in [2.45, 2.75) is 18.5 Å². The largest absolute Gasteiger partial charge is 0.497 e. The van der Waals surface area contributed by atoms with E-state index >= 15 is 0 Å². The number of hydrogen-bond acceptors (Lipinski definition) is 8. The van der Waals surface area contributed by atoms with E-state index in [1.165, 1.54) is 11.8 Å². The van der Waals surface area contributed by atoms with Crippen molar-refractivity contribution in [3.8, 4) is 11.4 Å². The Kier molecular flexibility index (Phi) is 7.39. The van der Waals surface area contributed by atoms with Crippen LogP contribution in [0.2, 0.25) is 0 Å². The van der Waals surface area contributed by atoms with Gasteiger partial charge in [0.15, 0.2) is 0 Å². The lowest BCUT2D eigenvalue weighted by atomic mass is 10.2. The molecule has 0 fully saturated rings. The molecule has 0 saturated carbocycles. The van der Waals surface area contributed by atoms with E-state index < -0.39 is 0 Å². The number of tetrazole rings is 1. The number of thioether (sulfide) groups is 1. The highest BCUT2D eigenvalue weighted by Gasteiger charge is 2.12. The zero-order chi connectivity index (χ0) is 21.3. The maximum Gasteiger partial charge on any atom is 0.338 e. The van der Waals surface area contributed by atoms with Crippen LogP contribution in [-0.2, 0) is 9.53 Å². The summed E-state index contributed by atoms with van der Waals surface area (Å²) in [5.41, 5.74) is 1.78. The molecule has 9 nitrogen and oxygen atoms in total. The maximum absolute atomic E-state index is 12.3. The third-order valence-corrected chi connectivity index (χ3v) is 4.85. The lowest BCUT2D eigenvalue weighted by Crippen LogP contribution is -2.15. The Morgan fingerprint density at radius 2 is 1.83 bits per heavy atom. The summed E-state index contributed by atoms with van der Waals surface area (Å²) in [7, 11) is 1.59. The fraction of sp³-hybridized carbons (Fsp3) is 0.250. The van der Waals surface area contributed by atoms with Gasteiger partial charge < -0.3 is 14.8 Å². The van der Waals surface area contributed by atoms with E-state index in [1.807, 2.05) is 19.1 Å². The van der Waals surface area contributed by atoms with Gasteiger partial charge in [0.05, 0.1) is 30.7 Å². The molecule has 0 spiro atoms. The zero-order valence-corrected chi connectivity index (χ0v) is 17.4. The maximum atomic E-state index is 12.3. The van der Waals surface area contributed by atoms with Crippen molar-refractivity contribution in [3.63, 3.8) is 0 Å². The SMILES string of the molecule is CCCOC(=O)c1ccc(NC(=O)CSc2nnnn2-c2ccc(OC)cc2)cc1. The van der Waals surface area contributed by atoms with Crippen molar-refractivity contribution >= 4 is 29.3 Å². The highest BCUT2D eigenvalue weighted by Crippen LogP contribution is 2.20. The van der Waals surface area contributed by atoms with Gasteiger partial charge in [0.2, 0.25) is 11.1 Å². The molecular weight excluding hydrogens is 406 g/mol. The summed E-state index contributed by atoms with van der Waals surface area (Å²) in [6, 6.07) is 13.8. The number of rotatable bonds is 9. The van der Waals surface area contributed by atoms with Gasteiger partial charge >= 0.3 is 5.97 Å². The molecule has 0 saturated heterocycles. The summed E-state index contributed by atoms with van der Waals surface area (Å²) < 4.78 is 11.8. The molecule has 0 atom stereocenters. The van der Waals surface area contributed by atoms with Crippen LogP contribution < -0.4 is 10.1 Å². The second kappa shape index (κ2) is 10.4. The molecule has 1 heterocycles. The van der Waals surface area contributed by atoms with Crippen LogP contribution >= 0.6 is 11.8 Å². The molecular formula is C20H21N5O4S. The van der Waals surface area contributed by atoms with E-state index in [2.05, 4.69) is 20.8 Å². The number of methoxy groups -OCH3 is 1. The van der Waals surface area contributed by atoms with Crippen molar-refractivity contribution in [1.29, 1.82) is 0 Å². The van der Waals surface area contributed by atoms with Crippen LogP contribution in [0.25, 0.3) is 5.69 Å². The minimum absolute atomic E-state index is 0.122. The number of carbonyl (C=O) groups is 2. The van der Waals surface area contributed by atoms with Crippen LogP contribution in [-0.4, -0.2) is 51.6 Å². The van der Waals surface area contributed by atoms with Crippen LogP contribution in [0.15, 0.2) is 53.7 Å². The molecule has 0 aliphatic carbocycles. The highest BCUT2D eigenvalue weighted by molar-refractivity contribution is 7.99. The fourth-order valence-corrected chi connectivity index (χ4v) is 3.14. The molecule has 1 amide bonds. The van der Waals surface area contributed by atoms with Gasteiger partial charge in [-0.25, -0.2) is 4.79 Å². The van der Waals surface area contributed by atoms with Gasteiger partial charge in [0, 0.05) is 5.69 Å². The monoisotopic (exact) mass is 427 g/mol. The Morgan fingerprint density at radius 3 is 2.50 bits per heavy atom. The van der Waals surface area contributed by atoms with Crippen molar-refractivity contribution in [2.24, 2.45) is 0 Å². The number of benzene rings is 2. The molecule has 0 bridgehead atoms. The van der Waals surface area contributed by atoms with Crippen molar-refractivity contribution in [1.82, 2.24) is 20.2 Å². The summed E-state index contributed by atoms with van der Waals surface area (Å²) in [6.45, 7) is 2.31. The van der Waals surface area contributed by atoms with Gasteiger partial charge in [-0.05, 0) is 65.4 Å². The zero-order valence-electron chi connectivity index (χ0n) is 16.6. The predicted molar refractivity (Wildman–Crippen MR) is 112 cm³/mol. The Hall–Kier alpha value is -3.40. The van der Waals surface area contributed by atoms with Gasteiger partial charge in [-0.3, -0.25) is 4.79 Å². The van der Waals surface area contributed by atoms with Gasteiger partial charge in [-0.2, -0.15) is 4.68 Å². The van der Waals surface area contributed by atoms with Gasteiger partial charge in [-0.1, -0.05) is 18.7 Å². The molecule has 0 aliphatic rings. The van der Waals surface area contributed by atoms with E-state index in [9.17, 15) is 9.59 Å². The molecule has 0 radical (unpaired) electrons. The first-order chi connectivity index (χ1) is 14.6. The number of amides is 1. The smallest absolute Gasteiger partial charge is 0.338 e. The number of aromatic nitrogens is 4. The van der Waals surface area contributed by atoms with Crippen LogP contribution in [0.1, 0.15) is 23.7 Å². The second-order valence-corrected chi connectivity index (χ2v) is 7.06. The Balaban J connectivity index is 1.55. The summed E-state index contributed by atoms with van der Waals surface area (Å²) in [5, 5.41) is 14.9. The molecule has 156 valence electrons. The number of ether oxygens (including phenoxy) is 2. The minimum Gasteiger partial charge on any atom is -0.497 e. The van der Waals surface area contributed by atoms with Crippen molar-refractivity contribution in [2.75, 3.05) is 24.8 Å². The third-order valence-electron chi connectivity index (χ3n) is 3.93. The number of esters is 1. The Bertz CT molecular complexity index is 989. The summed E-state index contributed by atoms with van der Waals surface area (Å²) >= 11 is 1.21. The Morgan fingerprint density at radius 1 is 1.10 bits per heavy atom. The fourth-order valence-electron chi connectivity index (χ4n) is 2.45. The van der Waals surface area contributed by atoms with E-state index in [0.29, 0.717) is 23.0 Å². The molecule has 30 heavy (non-hydrogen) atoms. The first-order valence-electron chi connectivity index (χ1n) is 9.23. The first kappa shape index (κ1) is 21.3. The average molecular weight is 427 g/mol. The summed E-state index contributed by atoms with van der Waals surface area (Å²) in [4.78, 5) is 24.1. The first-order valence-corrected chi connectivity index (χ1v) is 10.2. The topological polar surface area (TPSA) is 108 Å². The lowest BCUT2D eigenvalue weighted by molar-refractivity contribution is -0.113. The van der Waals surface area contributed by atoms with Gasteiger partial charge in [-0.15, -0.1) is 5.10 Å². The second-order valence-electron chi connectivity index (χ2n) is 6.12. The highest BCUT2D eigenvalue weighted by atomic mass is 32.2. The molecule has 2 aromatic carbocycles. The molecule has 3 rings (SSSR count). The molecule has 1 N–H and O–H groups in total. The van der Waals surface area contributed by atoms with E-state index in [0.717, 1.165) is 17.9 Å². The summed E-state index contributed by atoms with van der Waals surface area (Å²) in [5.74, 6) is 0.253. The van der Waals surface area contributed by atoms with E-state index in [1.54, 1.807) is 48.2 Å². The van der Waals surface area contributed by atoms with Crippen molar-refractivity contribution < 1.29 is 19.1 Å². The molecule has 0 unspecified atom stereocenters. The standard InChI is InChI=1S/C20H21N5O4S/c1-3-12-29-19(27)14-4-6-15(7-5-14)21-18(26)13-30-20-22-23-24-25(20)16-8-10-17(28-2)11-9-16/h4-11H,3,12-13H2,1-2H3,(H,21,26). The molecule has 0 aliphatic heterocycles. The number of anilines is 1. The van der Waals surface area contributed by atoms with Crippen LogP contribution in [0, 0.1) is 0 Å². The molecule has 10 heteroatoms. The predicted octanol–water partition coefficient (Wildman–Crippen LogP) is 2.97. The Labute approximate surface area is 177 Å². The van der Waals surface area contributed by atoms with Crippen LogP contribution in [0.4, 0.5) is 5.69 Å². The van der Waals surface area contributed by atoms with Crippen LogP contribution in [0.5, 0.6) is 5.75 Å². The lowest BCUT2D eigenvalue weighted by Gasteiger charge is -2.07. The number of nitrogens with one attached hydrogen (secondary N) is 1. The summed E-state index contributed by atoms with van der Waals surface area (Å²) in [6.07, 6.45) is 0.763. The number of hydrogen-bond donors (Lipinski definition) is 1. The minimum atomic E-state index is -0.379. The van der Waals surface area contributed by atoms with Gasteiger partial charge in [0.25, 0.3) is 0 Å². The molecule has 1 aromatic heterocycles. The van der Waals surface area contributed by atoms with Crippen LogP contribution in [0.3, 0.4) is 0 Å².